The zero-order valence-electron chi connectivity index (χ0n) is 14.0. The van der Waals surface area contributed by atoms with E-state index in [4.69, 9.17) is 4.74 Å². The number of aromatic nitrogens is 1. The van der Waals surface area contributed by atoms with Crippen LogP contribution in [0.4, 0.5) is 0 Å². The second-order valence-corrected chi connectivity index (χ2v) is 6.92. The normalized spacial score (nSPS) is 15.2. The molecule has 0 bridgehead atoms. The molecule has 5 nitrogen and oxygen atoms in total. The Morgan fingerprint density at radius 1 is 1.25 bits per heavy atom. The van der Waals surface area contributed by atoms with Gasteiger partial charge in [-0.15, -0.1) is 11.3 Å². The van der Waals surface area contributed by atoms with Crippen LogP contribution in [0, 0.1) is 0 Å². The monoisotopic (exact) mass is 345 g/mol. The van der Waals surface area contributed by atoms with E-state index in [1.807, 2.05) is 0 Å². The molecule has 1 fully saturated rings. The lowest BCUT2D eigenvalue weighted by atomic mass is 10.1. The van der Waals surface area contributed by atoms with Gasteiger partial charge in [0, 0.05) is 17.5 Å². The summed E-state index contributed by atoms with van der Waals surface area (Å²) in [7, 11) is 1.61. The molecule has 0 spiro atoms. The maximum atomic E-state index is 12.2. The second kappa shape index (κ2) is 8.26. The Kier molecular flexibility index (Phi) is 5.82. The highest BCUT2D eigenvalue weighted by Gasteiger charge is 2.13. The van der Waals surface area contributed by atoms with Gasteiger partial charge in [0.15, 0.2) is 0 Å². The van der Waals surface area contributed by atoms with E-state index in [0.717, 1.165) is 23.0 Å². The van der Waals surface area contributed by atoms with Crippen LogP contribution >= 0.6 is 11.3 Å². The molecule has 1 aliphatic rings. The molecule has 1 aromatic heterocycles. The van der Waals surface area contributed by atoms with Crippen LogP contribution in [0.2, 0.25) is 0 Å². The molecule has 0 radical (unpaired) electrons. The number of nitrogens with zero attached hydrogens (tertiary/aromatic N) is 2. The molecule has 128 valence electrons. The Morgan fingerprint density at radius 2 is 2.00 bits per heavy atom. The van der Waals surface area contributed by atoms with Gasteiger partial charge >= 0.3 is 0 Å². The first kappa shape index (κ1) is 16.9. The SMILES string of the molecule is COc1ccc(C(=O)NCc2nc(CN3CCCCC3)cs2)cc1. The van der Waals surface area contributed by atoms with Gasteiger partial charge in [-0.25, -0.2) is 4.98 Å². The van der Waals surface area contributed by atoms with Crippen molar-refractivity contribution in [2.24, 2.45) is 0 Å². The summed E-state index contributed by atoms with van der Waals surface area (Å²) in [5.74, 6) is 0.652. The van der Waals surface area contributed by atoms with Crippen molar-refractivity contribution in [2.45, 2.75) is 32.4 Å². The van der Waals surface area contributed by atoms with Gasteiger partial charge in [0.1, 0.15) is 10.8 Å². The van der Waals surface area contributed by atoms with Crippen molar-refractivity contribution in [1.82, 2.24) is 15.2 Å². The number of piperidine rings is 1. The van der Waals surface area contributed by atoms with Crippen LogP contribution in [-0.4, -0.2) is 36.0 Å². The summed E-state index contributed by atoms with van der Waals surface area (Å²) in [6, 6.07) is 7.10. The van der Waals surface area contributed by atoms with E-state index in [2.05, 4.69) is 20.6 Å². The van der Waals surface area contributed by atoms with Crippen LogP contribution in [0.15, 0.2) is 29.6 Å². The Hall–Kier alpha value is -1.92. The number of carbonyl (C=O) groups is 1. The third-order valence-electron chi connectivity index (χ3n) is 4.19. The molecule has 6 heteroatoms. The number of rotatable bonds is 6. The molecule has 2 aromatic rings. The number of hydrogen-bond acceptors (Lipinski definition) is 5. The molecule has 0 atom stereocenters. The standard InChI is InChI=1S/C18H23N3O2S/c1-23-16-7-5-14(6-8-16)18(22)19-11-17-20-15(13-24-17)12-21-9-3-2-4-10-21/h5-8,13H,2-4,9-12H2,1H3,(H,19,22). The summed E-state index contributed by atoms with van der Waals surface area (Å²) in [5, 5.41) is 5.97. The number of thiazole rings is 1. The van der Waals surface area contributed by atoms with Crippen LogP contribution in [0.1, 0.15) is 40.3 Å². The highest BCUT2D eigenvalue weighted by molar-refractivity contribution is 7.09. The summed E-state index contributed by atoms with van der Waals surface area (Å²) in [6.45, 7) is 3.72. The van der Waals surface area contributed by atoms with Gasteiger partial charge in [0.25, 0.3) is 5.91 Å². The maximum absolute atomic E-state index is 12.2. The maximum Gasteiger partial charge on any atom is 0.251 e. The summed E-state index contributed by atoms with van der Waals surface area (Å²) in [5.41, 5.74) is 1.73. The highest BCUT2D eigenvalue weighted by Crippen LogP contribution is 2.16. The van der Waals surface area contributed by atoms with Crippen LogP contribution in [0.3, 0.4) is 0 Å². The summed E-state index contributed by atoms with van der Waals surface area (Å²) >= 11 is 1.61. The Balaban J connectivity index is 1.49. The van der Waals surface area contributed by atoms with Gasteiger partial charge in [-0.05, 0) is 50.2 Å². The molecular weight excluding hydrogens is 322 g/mol. The quantitative estimate of drug-likeness (QED) is 0.874. The third kappa shape index (κ3) is 4.55. The first-order valence-electron chi connectivity index (χ1n) is 8.32. The molecule has 1 N–H and O–H groups in total. The molecule has 3 rings (SSSR count). The highest BCUT2D eigenvalue weighted by atomic mass is 32.1. The number of nitrogens with one attached hydrogen (secondary N) is 1. The van der Waals surface area contributed by atoms with Gasteiger partial charge in [-0.2, -0.15) is 0 Å². The summed E-state index contributed by atoms with van der Waals surface area (Å²) in [4.78, 5) is 19.3. The lowest BCUT2D eigenvalue weighted by Crippen LogP contribution is -2.29. The van der Waals surface area contributed by atoms with Crippen molar-refractivity contribution < 1.29 is 9.53 Å². The predicted molar refractivity (Wildman–Crippen MR) is 95.4 cm³/mol. The molecule has 24 heavy (non-hydrogen) atoms. The van der Waals surface area contributed by atoms with Crippen molar-refractivity contribution in [3.8, 4) is 5.75 Å². The van der Waals surface area contributed by atoms with E-state index in [0.29, 0.717) is 12.1 Å². The minimum atomic E-state index is -0.0922. The number of likely N-dealkylation sites (tertiary alicyclic amines) is 1. The number of hydrogen-bond donors (Lipinski definition) is 1. The Labute approximate surface area is 146 Å². The molecule has 1 amide bonds. The van der Waals surface area contributed by atoms with Crippen molar-refractivity contribution in [3.05, 3.63) is 45.9 Å². The van der Waals surface area contributed by atoms with Crippen LogP contribution in [0.25, 0.3) is 0 Å². The largest absolute Gasteiger partial charge is 0.497 e. The first-order valence-corrected chi connectivity index (χ1v) is 9.20. The molecule has 1 aromatic carbocycles. The van der Waals surface area contributed by atoms with E-state index in [9.17, 15) is 4.79 Å². The van der Waals surface area contributed by atoms with Crippen LogP contribution in [-0.2, 0) is 13.1 Å². The molecule has 2 heterocycles. The fraction of sp³-hybridized carbons (Fsp3) is 0.444. The molecule has 1 aliphatic heterocycles. The van der Waals surface area contributed by atoms with E-state index in [-0.39, 0.29) is 5.91 Å². The average Bonchev–Trinajstić information content (AvgIpc) is 3.08. The molecular formula is C18H23N3O2S. The molecule has 0 aliphatic carbocycles. The number of methoxy groups -OCH3 is 1. The number of amides is 1. The third-order valence-corrected chi connectivity index (χ3v) is 5.08. The second-order valence-electron chi connectivity index (χ2n) is 5.98. The Bertz CT molecular complexity index is 663. The predicted octanol–water partition coefficient (Wildman–Crippen LogP) is 3.07. The zero-order chi connectivity index (χ0) is 16.8. The van der Waals surface area contributed by atoms with Gasteiger partial charge in [0.05, 0.1) is 19.3 Å². The van der Waals surface area contributed by atoms with E-state index < -0.39 is 0 Å². The van der Waals surface area contributed by atoms with Gasteiger partial charge in [-0.3, -0.25) is 9.69 Å². The first-order chi connectivity index (χ1) is 11.7. The molecule has 0 unspecified atom stereocenters. The fourth-order valence-electron chi connectivity index (χ4n) is 2.85. The number of carbonyl (C=O) groups excluding carboxylic acids is 1. The van der Waals surface area contributed by atoms with Crippen molar-refractivity contribution in [3.63, 3.8) is 0 Å². The smallest absolute Gasteiger partial charge is 0.251 e. The topological polar surface area (TPSA) is 54.5 Å². The average molecular weight is 345 g/mol. The van der Waals surface area contributed by atoms with E-state index >= 15 is 0 Å². The minimum Gasteiger partial charge on any atom is -0.497 e. The number of ether oxygens (including phenoxy) is 1. The van der Waals surface area contributed by atoms with Crippen molar-refractivity contribution in [2.75, 3.05) is 20.2 Å². The zero-order valence-corrected chi connectivity index (χ0v) is 14.8. The van der Waals surface area contributed by atoms with E-state index in [1.165, 1.54) is 32.4 Å². The lowest BCUT2D eigenvalue weighted by Gasteiger charge is -2.25. The summed E-state index contributed by atoms with van der Waals surface area (Å²) in [6.07, 6.45) is 3.92. The van der Waals surface area contributed by atoms with E-state index in [1.54, 1.807) is 42.7 Å². The number of benzene rings is 1. The lowest BCUT2D eigenvalue weighted by molar-refractivity contribution is 0.0951. The van der Waals surface area contributed by atoms with Crippen molar-refractivity contribution >= 4 is 17.2 Å². The minimum absolute atomic E-state index is 0.0922. The molecule has 0 saturated carbocycles. The van der Waals surface area contributed by atoms with Crippen molar-refractivity contribution in [1.29, 1.82) is 0 Å². The van der Waals surface area contributed by atoms with Gasteiger partial charge in [0.2, 0.25) is 0 Å². The molecule has 1 saturated heterocycles. The fourth-order valence-corrected chi connectivity index (χ4v) is 3.57. The van der Waals surface area contributed by atoms with Gasteiger partial charge < -0.3 is 10.1 Å². The van der Waals surface area contributed by atoms with Crippen LogP contribution in [0.5, 0.6) is 5.75 Å². The summed E-state index contributed by atoms with van der Waals surface area (Å²) < 4.78 is 5.10. The van der Waals surface area contributed by atoms with Gasteiger partial charge in [-0.1, -0.05) is 6.42 Å². The van der Waals surface area contributed by atoms with Crippen LogP contribution < -0.4 is 10.1 Å². The Morgan fingerprint density at radius 3 is 2.71 bits per heavy atom.